The normalized spacial score (nSPS) is 12.4. The fourth-order valence-corrected chi connectivity index (χ4v) is 5.02. The van der Waals surface area contributed by atoms with Crippen LogP contribution in [0.4, 0.5) is 0 Å². The quantitative estimate of drug-likeness (QED) is 0.136. The molecule has 0 spiro atoms. The zero-order chi connectivity index (χ0) is 23.0. The molecular formula is C30H58N2. The van der Waals surface area contributed by atoms with Gasteiger partial charge < -0.3 is 4.57 Å². The first-order chi connectivity index (χ1) is 15.9. The second kappa shape index (κ2) is 23.4. The van der Waals surface area contributed by atoms with Gasteiger partial charge >= 0.3 is 0 Å². The Morgan fingerprint density at radius 2 is 0.844 bits per heavy atom. The van der Waals surface area contributed by atoms with Crippen molar-refractivity contribution in [3.8, 4) is 0 Å². The third-order valence-corrected chi connectivity index (χ3v) is 7.23. The molecule has 2 nitrogen and oxygen atoms in total. The van der Waals surface area contributed by atoms with Gasteiger partial charge in [0.25, 0.3) is 0 Å². The van der Waals surface area contributed by atoms with Crippen LogP contribution in [0, 0.1) is 0 Å². The maximum Gasteiger partial charge on any atom is 0.0948 e. The Labute approximate surface area is 202 Å². The summed E-state index contributed by atoms with van der Waals surface area (Å²) in [6.07, 6.45) is 40.4. The molecule has 0 bridgehead atoms. The molecule has 0 N–H and O–H groups in total. The Bertz CT molecular complexity index is 453. The molecule has 1 atom stereocenters. The van der Waals surface area contributed by atoms with Gasteiger partial charge in [-0.2, -0.15) is 0 Å². The lowest BCUT2D eigenvalue weighted by atomic mass is 9.99. The van der Waals surface area contributed by atoms with Crippen LogP contribution in [0.3, 0.4) is 0 Å². The first-order valence-corrected chi connectivity index (χ1v) is 14.9. The van der Waals surface area contributed by atoms with Crippen molar-refractivity contribution in [1.82, 2.24) is 9.55 Å². The highest BCUT2D eigenvalue weighted by Gasteiger charge is 2.10. The Kier molecular flexibility index (Phi) is 21.4. The molecule has 2 heteroatoms. The molecule has 1 rings (SSSR count). The van der Waals surface area contributed by atoms with E-state index in [1.54, 1.807) is 0 Å². The molecule has 1 unspecified atom stereocenters. The Hall–Kier alpha value is -0.790. The smallest absolute Gasteiger partial charge is 0.0948 e. The third-order valence-electron chi connectivity index (χ3n) is 7.23. The van der Waals surface area contributed by atoms with Crippen LogP contribution < -0.4 is 0 Å². The molecule has 0 amide bonds. The zero-order valence-electron chi connectivity index (χ0n) is 22.2. The average molecular weight is 447 g/mol. The highest BCUT2D eigenvalue weighted by atomic mass is 15.0. The van der Waals surface area contributed by atoms with E-state index in [-0.39, 0.29) is 0 Å². The minimum atomic E-state index is 0.676. The molecule has 0 aromatic carbocycles. The van der Waals surface area contributed by atoms with Gasteiger partial charge in [0, 0.05) is 18.4 Å². The number of hydrogen-bond donors (Lipinski definition) is 0. The minimum absolute atomic E-state index is 0.676. The molecule has 0 saturated carbocycles. The molecule has 1 aromatic heterocycles. The second-order valence-corrected chi connectivity index (χ2v) is 10.3. The van der Waals surface area contributed by atoms with Crippen LogP contribution in [0.2, 0.25) is 0 Å². The van der Waals surface area contributed by atoms with Crippen molar-refractivity contribution < 1.29 is 0 Å². The number of unbranched alkanes of at least 4 members (excludes halogenated alkanes) is 20. The summed E-state index contributed by atoms with van der Waals surface area (Å²) in [6, 6.07) is 0.676. The number of nitrogens with zero attached hydrogens (tertiary/aromatic N) is 2. The van der Waals surface area contributed by atoms with Gasteiger partial charge in [-0.25, -0.2) is 4.98 Å². The SMILES string of the molecule is CCCCCCCCCCCCCCCCCCC(CCCCCCCC)n1ccnc1. The number of hydrogen-bond acceptors (Lipinski definition) is 1. The summed E-state index contributed by atoms with van der Waals surface area (Å²) < 4.78 is 2.37. The van der Waals surface area contributed by atoms with Crippen molar-refractivity contribution in [2.45, 2.75) is 174 Å². The summed E-state index contributed by atoms with van der Waals surface area (Å²) >= 11 is 0. The lowest BCUT2D eigenvalue weighted by Crippen LogP contribution is -2.07. The second-order valence-electron chi connectivity index (χ2n) is 10.3. The van der Waals surface area contributed by atoms with Gasteiger partial charge in [-0.3, -0.25) is 0 Å². The number of rotatable bonds is 25. The van der Waals surface area contributed by atoms with Crippen molar-refractivity contribution >= 4 is 0 Å². The van der Waals surface area contributed by atoms with Gasteiger partial charge in [0.2, 0.25) is 0 Å². The maximum absolute atomic E-state index is 4.30. The van der Waals surface area contributed by atoms with Crippen LogP contribution in [0.25, 0.3) is 0 Å². The van der Waals surface area contributed by atoms with E-state index in [0.29, 0.717) is 6.04 Å². The summed E-state index contributed by atoms with van der Waals surface area (Å²) in [5.41, 5.74) is 0. The lowest BCUT2D eigenvalue weighted by Gasteiger charge is -2.18. The Morgan fingerprint density at radius 3 is 1.16 bits per heavy atom. The third kappa shape index (κ3) is 17.7. The first-order valence-electron chi connectivity index (χ1n) is 14.9. The van der Waals surface area contributed by atoms with E-state index in [1.807, 2.05) is 12.5 Å². The highest BCUT2D eigenvalue weighted by Crippen LogP contribution is 2.23. The maximum atomic E-state index is 4.30. The van der Waals surface area contributed by atoms with Crippen molar-refractivity contribution in [3.63, 3.8) is 0 Å². The predicted octanol–water partition coefficient (Wildman–Crippen LogP) is 10.8. The van der Waals surface area contributed by atoms with Crippen LogP contribution in [-0.4, -0.2) is 9.55 Å². The standard InChI is InChI=1S/C30H58N2/c1-3-5-7-9-11-12-13-14-15-16-17-18-19-20-22-24-26-30(32-28-27-31-29-32)25-23-21-10-8-6-4-2/h27-30H,3-26H2,1-2H3. The fraction of sp³-hybridized carbons (Fsp3) is 0.900. The number of aromatic nitrogens is 2. The van der Waals surface area contributed by atoms with E-state index >= 15 is 0 Å². The molecular weight excluding hydrogens is 388 g/mol. The van der Waals surface area contributed by atoms with E-state index < -0.39 is 0 Å². The van der Waals surface area contributed by atoms with E-state index in [0.717, 1.165) is 0 Å². The van der Waals surface area contributed by atoms with E-state index in [2.05, 4.69) is 29.6 Å². The Balaban J connectivity index is 1.92. The van der Waals surface area contributed by atoms with E-state index in [4.69, 9.17) is 0 Å². The largest absolute Gasteiger partial charge is 0.334 e. The van der Waals surface area contributed by atoms with Crippen molar-refractivity contribution in [2.24, 2.45) is 0 Å². The monoisotopic (exact) mass is 446 g/mol. The van der Waals surface area contributed by atoms with Gasteiger partial charge in [0.15, 0.2) is 0 Å². The molecule has 0 saturated heterocycles. The van der Waals surface area contributed by atoms with Crippen LogP contribution >= 0.6 is 0 Å². The van der Waals surface area contributed by atoms with Crippen LogP contribution in [0.15, 0.2) is 18.7 Å². The van der Waals surface area contributed by atoms with Crippen molar-refractivity contribution in [1.29, 1.82) is 0 Å². The zero-order valence-corrected chi connectivity index (χ0v) is 22.2. The van der Waals surface area contributed by atoms with Crippen molar-refractivity contribution in [3.05, 3.63) is 18.7 Å². The molecule has 0 aliphatic rings. The predicted molar refractivity (Wildman–Crippen MR) is 143 cm³/mol. The summed E-state index contributed by atoms with van der Waals surface area (Å²) in [6.45, 7) is 4.60. The van der Waals surface area contributed by atoms with Gasteiger partial charge in [0.05, 0.1) is 6.33 Å². The molecule has 1 aromatic rings. The summed E-state index contributed by atoms with van der Waals surface area (Å²) in [5.74, 6) is 0. The topological polar surface area (TPSA) is 17.8 Å². The molecule has 0 aliphatic heterocycles. The summed E-state index contributed by atoms with van der Waals surface area (Å²) in [7, 11) is 0. The van der Waals surface area contributed by atoms with Crippen LogP contribution in [-0.2, 0) is 0 Å². The summed E-state index contributed by atoms with van der Waals surface area (Å²) in [5, 5.41) is 0. The molecule has 0 fully saturated rings. The van der Waals surface area contributed by atoms with Gasteiger partial charge in [-0.1, -0.05) is 155 Å². The van der Waals surface area contributed by atoms with Gasteiger partial charge in [-0.05, 0) is 12.8 Å². The Morgan fingerprint density at radius 1 is 0.500 bits per heavy atom. The number of imidazole rings is 1. The molecule has 0 aliphatic carbocycles. The van der Waals surface area contributed by atoms with E-state index in [1.165, 1.54) is 154 Å². The average Bonchev–Trinajstić information content (AvgIpc) is 3.34. The molecule has 0 radical (unpaired) electrons. The molecule has 1 heterocycles. The molecule has 32 heavy (non-hydrogen) atoms. The molecule has 188 valence electrons. The van der Waals surface area contributed by atoms with Gasteiger partial charge in [-0.15, -0.1) is 0 Å². The minimum Gasteiger partial charge on any atom is -0.334 e. The van der Waals surface area contributed by atoms with Crippen molar-refractivity contribution in [2.75, 3.05) is 0 Å². The fourth-order valence-electron chi connectivity index (χ4n) is 5.02. The summed E-state index contributed by atoms with van der Waals surface area (Å²) in [4.78, 5) is 4.30. The van der Waals surface area contributed by atoms with Crippen LogP contribution in [0.5, 0.6) is 0 Å². The van der Waals surface area contributed by atoms with E-state index in [9.17, 15) is 0 Å². The highest BCUT2D eigenvalue weighted by molar-refractivity contribution is 4.80. The van der Waals surface area contributed by atoms with Gasteiger partial charge in [0.1, 0.15) is 0 Å². The lowest BCUT2D eigenvalue weighted by molar-refractivity contribution is 0.393. The first kappa shape index (κ1) is 29.2. The van der Waals surface area contributed by atoms with Crippen LogP contribution in [0.1, 0.15) is 174 Å².